The Morgan fingerprint density at radius 1 is 1.04 bits per heavy atom. The van der Waals surface area contributed by atoms with E-state index < -0.39 is 11.5 Å². The first-order valence-electron chi connectivity index (χ1n) is 7.41. The number of benzene rings is 2. The first-order chi connectivity index (χ1) is 11.5. The molecule has 0 aliphatic rings. The molecular formula is C19H15ClN2O2. The Morgan fingerprint density at radius 2 is 1.79 bits per heavy atom. The third-order valence-electron chi connectivity index (χ3n) is 3.61. The Balaban J connectivity index is 1.87. The quantitative estimate of drug-likeness (QED) is 0.749. The van der Waals surface area contributed by atoms with Crippen molar-refractivity contribution in [2.45, 2.75) is 6.92 Å². The van der Waals surface area contributed by atoms with Gasteiger partial charge in [-0.3, -0.25) is 9.59 Å². The Kier molecular flexibility index (Phi) is 4.49. The Bertz CT molecular complexity index is 949. The molecule has 0 spiro atoms. The highest BCUT2D eigenvalue weighted by atomic mass is 35.5. The fourth-order valence-electron chi connectivity index (χ4n) is 2.35. The van der Waals surface area contributed by atoms with E-state index in [0.29, 0.717) is 16.4 Å². The second kappa shape index (κ2) is 6.72. The molecule has 1 aromatic heterocycles. The summed E-state index contributed by atoms with van der Waals surface area (Å²) in [6, 6.07) is 18.0. The van der Waals surface area contributed by atoms with Crippen LogP contribution in [0.3, 0.4) is 0 Å². The third-order valence-corrected chi connectivity index (χ3v) is 3.92. The van der Waals surface area contributed by atoms with Gasteiger partial charge in [0.2, 0.25) is 0 Å². The van der Waals surface area contributed by atoms with Crippen molar-refractivity contribution in [3.05, 3.63) is 87.2 Å². The summed E-state index contributed by atoms with van der Waals surface area (Å²) in [6.45, 7) is 1.91. The van der Waals surface area contributed by atoms with Gasteiger partial charge in [0.15, 0.2) is 0 Å². The Morgan fingerprint density at radius 3 is 2.46 bits per heavy atom. The molecule has 0 saturated carbocycles. The van der Waals surface area contributed by atoms with Crippen LogP contribution < -0.4 is 10.9 Å². The number of hydrogen-bond acceptors (Lipinski definition) is 2. The van der Waals surface area contributed by atoms with Crippen molar-refractivity contribution in [1.82, 2.24) is 4.98 Å². The van der Waals surface area contributed by atoms with Crippen LogP contribution in [-0.4, -0.2) is 10.9 Å². The lowest BCUT2D eigenvalue weighted by Gasteiger charge is -2.08. The van der Waals surface area contributed by atoms with E-state index in [1.165, 1.54) is 6.07 Å². The van der Waals surface area contributed by atoms with E-state index in [0.717, 1.165) is 11.1 Å². The van der Waals surface area contributed by atoms with Crippen LogP contribution in [0.15, 0.2) is 65.5 Å². The van der Waals surface area contributed by atoms with E-state index in [4.69, 9.17) is 11.6 Å². The van der Waals surface area contributed by atoms with Crippen molar-refractivity contribution >= 4 is 23.2 Å². The maximum Gasteiger partial charge on any atom is 0.261 e. The predicted molar refractivity (Wildman–Crippen MR) is 96.6 cm³/mol. The van der Waals surface area contributed by atoms with Gasteiger partial charge in [0.1, 0.15) is 5.56 Å². The number of aryl methyl sites for hydroxylation is 1. The van der Waals surface area contributed by atoms with Crippen LogP contribution in [0.5, 0.6) is 0 Å². The molecule has 0 unspecified atom stereocenters. The van der Waals surface area contributed by atoms with Crippen molar-refractivity contribution in [3.63, 3.8) is 0 Å². The van der Waals surface area contributed by atoms with Crippen molar-refractivity contribution in [1.29, 1.82) is 0 Å². The molecule has 0 aliphatic carbocycles. The molecule has 4 nitrogen and oxygen atoms in total. The van der Waals surface area contributed by atoms with Gasteiger partial charge < -0.3 is 10.3 Å². The fraction of sp³-hybridized carbons (Fsp3) is 0.0526. The molecule has 0 bridgehead atoms. The van der Waals surface area contributed by atoms with Crippen LogP contribution in [0.2, 0.25) is 5.02 Å². The first-order valence-corrected chi connectivity index (χ1v) is 7.78. The number of anilines is 1. The van der Waals surface area contributed by atoms with Gasteiger partial charge >= 0.3 is 0 Å². The minimum Gasteiger partial charge on any atom is -0.321 e. The van der Waals surface area contributed by atoms with Crippen LogP contribution in [0.25, 0.3) is 11.3 Å². The lowest BCUT2D eigenvalue weighted by Crippen LogP contribution is -2.23. The standard InChI is InChI=1S/C19H15ClN2O2/c1-12-7-9-17(15(20)11-12)22-19(24)14-8-10-16(21-18(14)23)13-5-3-2-4-6-13/h2-11H,1H3,(H,21,23)(H,22,24). The largest absolute Gasteiger partial charge is 0.321 e. The number of amides is 1. The SMILES string of the molecule is Cc1ccc(NC(=O)c2ccc(-c3ccccc3)[nH]c2=O)c(Cl)c1. The van der Waals surface area contributed by atoms with E-state index in [9.17, 15) is 9.59 Å². The van der Waals surface area contributed by atoms with E-state index in [2.05, 4.69) is 10.3 Å². The summed E-state index contributed by atoms with van der Waals surface area (Å²) < 4.78 is 0. The molecule has 120 valence electrons. The fourth-order valence-corrected chi connectivity index (χ4v) is 2.63. The number of pyridine rings is 1. The molecule has 24 heavy (non-hydrogen) atoms. The van der Waals surface area contributed by atoms with E-state index in [-0.39, 0.29) is 5.56 Å². The zero-order valence-corrected chi connectivity index (χ0v) is 13.7. The van der Waals surface area contributed by atoms with Gasteiger partial charge in [0, 0.05) is 5.69 Å². The summed E-state index contributed by atoms with van der Waals surface area (Å²) in [7, 11) is 0. The summed E-state index contributed by atoms with van der Waals surface area (Å²) in [5.74, 6) is -0.499. The van der Waals surface area contributed by atoms with Gasteiger partial charge in [-0.15, -0.1) is 0 Å². The van der Waals surface area contributed by atoms with Crippen LogP contribution in [0.4, 0.5) is 5.69 Å². The number of nitrogens with one attached hydrogen (secondary N) is 2. The third kappa shape index (κ3) is 3.39. The summed E-state index contributed by atoms with van der Waals surface area (Å²) >= 11 is 6.11. The molecule has 5 heteroatoms. The number of rotatable bonds is 3. The second-order valence-electron chi connectivity index (χ2n) is 5.42. The summed E-state index contributed by atoms with van der Waals surface area (Å²) in [4.78, 5) is 27.3. The minimum absolute atomic E-state index is 0.0336. The monoisotopic (exact) mass is 338 g/mol. The van der Waals surface area contributed by atoms with E-state index in [1.807, 2.05) is 43.3 Å². The van der Waals surface area contributed by atoms with Crippen LogP contribution in [0.1, 0.15) is 15.9 Å². The van der Waals surface area contributed by atoms with Gasteiger partial charge in [-0.05, 0) is 42.3 Å². The van der Waals surface area contributed by atoms with E-state index in [1.54, 1.807) is 18.2 Å². The zero-order chi connectivity index (χ0) is 17.1. The number of hydrogen-bond donors (Lipinski definition) is 2. The van der Waals surface area contributed by atoms with Crippen LogP contribution >= 0.6 is 11.6 Å². The molecule has 0 aliphatic heterocycles. The average molecular weight is 339 g/mol. The molecular weight excluding hydrogens is 324 g/mol. The molecule has 0 fully saturated rings. The van der Waals surface area contributed by atoms with Gasteiger partial charge in [0.25, 0.3) is 11.5 Å². The molecule has 0 atom stereocenters. The Labute approximate surface area is 144 Å². The molecule has 2 aromatic carbocycles. The first kappa shape index (κ1) is 16.0. The molecule has 1 heterocycles. The van der Waals surface area contributed by atoms with Crippen molar-refractivity contribution in [2.24, 2.45) is 0 Å². The predicted octanol–water partition coefficient (Wildman–Crippen LogP) is 4.26. The van der Waals surface area contributed by atoms with E-state index >= 15 is 0 Å². The number of H-pyrrole nitrogens is 1. The number of carbonyl (C=O) groups excluding carboxylic acids is 1. The molecule has 3 rings (SSSR count). The highest BCUT2D eigenvalue weighted by molar-refractivity contribution is 6.34. The smallest absolute Gasteiger partial charge is 0.261 e. The maximum absolute atomic E-state index is 12.3. The lowest BCUT2D eigenvalue weighted by molar-refractivity contribution is 0.102. The van der Waals surface area contributed by atoms with Crippen LogP contribution in [-0.2, 0) is 0 Å². The van der Waals surface area contributed by atoms with Gasteiger partial charge in [-0.1, -0.05) is 48.0 Å². The molecule has 2 N–H and O–H groups in total. The van der Waals surface area contributed by atoms with Crippen LogP contribution in [0, 0.1) is 6.92 Å². The number of aromatic nitrogens is 1. The zero-order valence-electron chi connectivity index (χ0n) is 13.0. The lowest BCUT2D eigenvalue weighted by atomic mass is 10.1. The highest BCUT2D eigenvalue weighted by Gasteiger charge is 2.13. The average Bonchev–Trinajstić information content (AvgIpc) is 2.58. The minimum atomic E-state index is -0.499. The molecule has 0 saturated heterocycles. The van der Waals surface area contributed by atoms with Gasteiger partial charge in [0.05, 0.1) is 10.7 Å². The normalized spacial score (nSPS) is 10.4. The highest BCUT2D eigenvalue weighted by Crippen LogP contribution is 2.23. The van der Waals surface area contributed by atoms with Crippen molar-refractivity contribution in [3.8, 4) is 11.3 Å². The molecule has 3 aromatic rings. The topological polar surface area (TPSA) is 62.0 Å². The summed E-state index contributed by atoms with van der Waals surface area (Å²) in [5.41, 5.74) is 2.58. The summed E-state index contributed by atoms with van der Waals surface area (Å²) in [6.07, 6.45) is 0. The van der Waals surface area contributed by atoms with Crippen molar-refractivity contribution in [2.75, 3.05) is 5.32 Å². The van der Waals surface area contributed by atoms with Gasteiger partial charge in [-0.2, -0.15) is 0 Å². The number of halogens is 1. The van der Waals surface area contributed by atoms with Gasteiger partial charge in [-0.25, -0.2) is 0 Å². The second-order valence-corrected chi connectivity index (χ2v) is 5.83. The molecule has 0 radical (unpaired) electrons. The maximum atomic E-state index is 12.3. The summed E-state index contributed by atoms with van der Waals surface area (Å²) in [5, 5.41) is 3.09. The Hall–Kier alpha value is -2.85. The number of carbonyl (C=O) groups is 1. The van der Waals surface area contributed by atoms with Crippen molar-refractivity contribution < 1.29 is 4.79 Å². The number of aromatic amines is 1. The molecule has 1 amide bonds.